The molecule has 2 aromatic carbocycles. The third kappa shape index (κ3) is 7.10. The van der Waals surface area contributed by atoms with E-state index in [0.29, 0.717) is 17.1 Å². The Labute approximate surface area is 204 Å². The Morgan fingerprint density at radius 2 is 1.57 bits per heavy atom. The summed E-state index contributed by atoms with van der Waals surface area (Å²) in [5.41, 5.74) is 1.49. The molecule has 4 rings (SSSR count). The molecular weight excluding hydrogens is 453 g/mol. The molecule has 35 heavy (non-hydrogen) atoms. The first-order chi connectivity index (χ1) is 16.9. The van der Waals surface area contributed by atoms with E-state index >= 15 is 0 Å². The van der Waals surface area contributed by atoms with Crippen molar-refractivity contribution in [2.24, 2.45) is 0 Å². The Morgan fingerprint density at radius 3 is 2.23 bits per heavy atom. The molecule has 0 radical (unpaired) electrons. The van der Waals surface area contributed by atoms with Gasteiger partial charge in [-0.3, -0.25) is 0 Å². The van der Waals surface area contributed by atoms with Crippen LogP contribution in [0.1, 0.15) is 63.0 Å². The van der Waals surface area contributed by atoms with Gasteiger partial charge in [0.25, 0.3) is 0 Å². The van der Waals surface area contributed by atoms with E-state index in [9.17, 15) is 13.2 Å². The molecule has 2 N–H and O–H groups in total. The average molecular weight is 485 g/mol. The molecule has 1 saturated carbocycles. The van der Waals surface area contributed by atoms with Crippen molar-refractivity contribution in [1.29, 1.82) is 0 Å². The van der Waals surface area contributed by atoms with Crippen molar-refractivity contribution in [3.63, 3.8) is 0 Å². The van der Waals surface area contributed by atoms with Crippen LogP contribution >= 0.6 is 0 Å². The van der Waals surface area contributed by atoms with Crippen LogP contribution < -0.4 is 15.4 Å². The van der Waals surface area contributed by atoms with Gasteiger partial charge in [0.1, 0.15) is 17.1 Å². The van der Waals surface area contributed by atoms with E-state index < -0.39 is 11.7 Å². The van der Waals surface area contributed by atoms with Gasteiger partial charge in [-0.15, -0.1) is 0 Å². The summed E-state index contributed by atoms with van der Waals surface area (Å²) in [4.78, 5) is 8.03. The zero-order valence-electron chi connectivity index (χ0n) is 19.9. The van der Waals surface area contributed by atoms with E-state index in [2.05, 4.69) is 27.5 Å². The first-order valence-corrected chi connectivity index (χ1v) is 12.2. The van der Waals surface area contributed by atoms with Gasteiger partial charge in [0.2, 0.25) is 5.95 Å². The third-order valence-corrected chi connectivity index (χ3v) is 6.10. The van der Waals surface area contributed by atoms with Crippen molar-refractivity contribution in [2.45, 2.75) is 70.6 Å². The molecule has 1 aliphatic carbocycles. The quantitative estimate of drug-likeness (QED) is 0.285. The summed E-state index contributed by atoms with van der Waals surface area (Å²) in [5, 5.41) is 5.80. The lowest BCUT2D eigenvalue weighted by Crippen LogP contribution is -2.13. The summed E-state index contributed by atoms with van der Waals surface area (Å²) in [7, 11) is 0. The second-order valence-electron chi connectivity index (χ2n) is 8.91. The van der Waals surface area contributed by atoms with Crippen LogP contribution in [-0.2, 0) is 12.6 Å². The van der Waals surface area contributed by atoms with E-state index in [0.717, 1.165) is 44.7 Å². The van der Waals surface area contributed by atoms with E-state index in [1.807, 2.05) is 24.3 Å². The minimum atomic E-state index is -4.59. The number of nitrogens with zero attached hydrogens (tertiary/aromatic N) is 2. The molecule has 0 atom stereocenters. The lowest BCUT2D eigenvalue weighted by atomic mass is 10.1. The van der Waals surface area contributed by atoms with Gasteiger partial charge in [0.15, 0.2) is 0 Å². The molecule has 5 nitrogen and oxygen atoms in total. The Kier molecular flexibility index (Phi) is 8.10. The van der Waals surface area contributed by atoms with Crippen LogP contribution in [0.15, 0.2) is 54.7 Å². The number of nitrogens with one attached hydrogen (secondary N) is 2. The number of alkyl halides is 3. The number of benzene rings is 2. The summed E-state index contributed by atoms with van der Waals surface area (Å²) in [6, 6.07) is 14.7. The van der Waals surface area contributed by atoms with Crippen molar-refractivity contribution in [3.8, 4) is 5.75 Å². The molecule has 0 spiro atoms. The zero-order chi connectivity index (χ0) is 24.7. The normalized spacial score (nSPS) is 14.2. The SMILES string of the molecule is CCCCCc1ccc(Nc2ncc(C(F)(F)F)c(Nc3ccc(OC4CCCC4)cc3)n2)cc1. The molecule has 1 fully saturated rings. The van der Waals surface area contributed by atoms with Gasteiger partial charge < -0.3 is 15.4 Å². The van der Waals surface area contributed by atoms with E-state index in [1.54, 1.807) is 24.3 Å². The maximum atomic E-state index is 13.6. The molecule has 0 bridgehead atoms. The number of aromatic nitrogens is 2. The van der Waals surface area contributed by atoms with Crippen molar-refractivity contribution >= 4 is 23.1 Å². The highest BCUT2D eigenvalue weighted by atomic mass is 19.4. The summed E-state index contributed by atoms with van der Waals surface area (Å²) in [5.74, 6) is 0.484. The minimum Gasteiger partial charge on any atom is -0.490 e. The van der Waals surface area contributed by atoms with E-state index in [-0.39, 0.29) is 17.9 Å². The number of anilines is 4. The molecular formula is C27H31F3N4O. The Balaban J connectivity index is 1.47. The van der Waals surface area contributed by atoms with Crippen LogP contribution in [0.2, 0.25) is 0 Å². The Hall–Kier alpha value is -3.29. The number of halogens is 3. The second kappa shape index (κ2) is 11.4. The van der Waals surface area contributed by atoms with Gasteiger partial charge in [0.05, 0.1) is 6.10 Å². The van der Waals surface area contributed by atoms with Gasteiger partial charge in [0, 0.05) is 17.6 Å². The number of rotatable bonds is 10. The third-order valence-electron chi connectivity index (χ3n) is 6.10. The predicted molar refractivity (Wildman–Crippen MR) is 133 cm³/mol. The zero-order valence-corrected chi connectivity index (χ0v) is 19.9. The number of unbranched alkanes of at least 4 members (excludes halogenated alkanes) is 2. The maximum Gasteiger partial charge on any atom is 0.421 e. The monoisotopic (exact) mass is 484 g/mol. The molecule has 0 saturated heterocycles. The van der Waals surface area contributed by atoms with E-state index in [4.69, 9.17) is 4.74 Å². The average Bonchev–Trinajstić information content (AvgIpc) is 3.34. The van der Waals surface area contributed by atoms with Gasteiger partial charge in [-0.05, 0) is 80.5 Å². The fourth-order valence-corrected chi connectivity index (χ4v) is 4.16. The number of aryl methyl sites for hydroxylation is 1. The summed E-state index contributed by atoms with van der Waals surface area (Å²) < 4.78 is 46.8. The van der Waals surface area contributed by atoms with Crippen LogP contribution in [-0.4, -0.2) is 16.1 Å². The molecule has 0 amide bonds. The second-order valence-corrected chi connectivity index (χ2v) is 8.91. The van der Waals surface area contributed by atoms with E-state index in [1.165, 1.54) is 18.4 Å². The number of hydrogen-bond acceptors (Lipinski definition) is 5. The van der Waals surface area contributed by atoms with Crippen molar-refractivity contribution in [2.75, 3.05) is 10.6 Å². The molecule has 1 aromatic heterocycles. The topological polar surface area (TPSA) is 59.1 Å². The smallest absolute Gasteiger partial charge is 0.421 e. The Morgan fingerprint density at radius 1 is 0.914 bits per heavy atom. The highest BCUT2D eigenvalue weighted by Gasteiger charge is 2.35. The lowest BCUT2D eigenvalue weighted by molar-refractivity contribution is -0.137. The molecule has 8 heteroatoms. The summed E-state index contributed by atoms with van der Waals surface area (Å²) in [6.45, 7) is 2.17. The predicted octanol–water partition coefficient (Wildman–Crippen LogP) is 8.04. The largest absolute Gasteiger partial charge is 0.490 e. The van der Waals surface area contributed by atoms with Crippen LogP contribution in [0.5, 0.6) is 5.75 Å². The number of ether oxygens (including phenoxy) is 1. The first kappa shape index (κ1) is 24.8. The van der Waals surface area contributed by atoms with Crippen molar-refractivity contribution in [3.05, 3.63) is 65.9 Å². The molecule has 0 unspecified atom stereocenters. The van der Waals surface area contributed by atoms with Gasteiger partial charge in [-0.1, -0.05) is 31.9 Å². The van der Waals surface area contributed by atoms with Crippen molar-refractivity contribution < 1.29 is 17.9 Å². The molecule has 3 aromatic rings. The van der Waals surface area contributed by atoms with Crippen LogP contribution in [0.4, 0.5) is 36.3 Å². The molecule has 1 aliphatic rings. The fraction of sp³-hybridized carbons (Fsp3) is 0.407. The summed E-state index contributed by atoms with van der Waals surface area (Å²) >= 11 is 0. The van der Waals surface area contributed by atoms with Gasteiger partial charge in [-0.2, -0.15) is 18.2 Å². The number of hydrogen-bond donors (Lipinski definition) is 2. The molecule has 0 aliphatic heterocycles. The lowest BCUT2D eigenvalue weighted by Gasteiger charge is -2.16. The summed E-state index contributed by atoms with van der Waals surface area (Å²) in [6.07, 6.45) is 5.31. The van der Waals surface area contributed by atoms with Gasteiger partial charge >= 0.3 is 6.18 Å². The van der Waals surface area contributed by atoms with Crippen LogP contribution in [0, 0.1) is 0 Å². The molecule has 1 heterocycles. The molecule has 186 valence electrons. The standard InChI is InChI=1S/C27H31F3N4O/c1-2-3-4-7-19-10-12-21(13-11-19)33-26-31-18-24(27(28,29)30)25(34-26)32-20-14-16-23(17-15-20)35-22-8-5-6-9-22/h10-18,22H,2-9H2,1H3,(H2,31,32,33,34). The fourth-order valence-electron chi connectivity index (χ4n) is 4.16. The van der Waals surface area contributed by atoms with Crippen LogP contribution in [0.25, 0.3) is 0 Å². The van der Waals surface area contributed by atoms with Gasteiger partial charge in [-0.25, -0.2) is 4.98 Å². The minimum absolute atomic E-state index is 0.0837. The maximum absolute atomic E-state index is 13.6. The Bertz CT molecular complexity index is 1080. The first-order valence-electron chi connectivity index (χ1n) is 12.2. The van der Waals surface area contributed by atoms with Crippen molar-refractivity contribution in [1.82, 2.24) is 9.97 Å². The highest BCUT2D eigenvalue weighted by Crippen LogP contribution is 2.35. The highest BCUT2D eigenvalue weighted by molar-refractivity contribution is 5.63. The van der Waals surface area contributed by atoms with Crippen LogP contribution in [0.3, 0.4) is 0 Å².